The number of H-pyrrole nitrogens is 2. The van der Waals surface area contributed by atoms with Crippen LogP contribution in [0.4, 0.5) is 4.39 Å². The van der Waals surface area contributed by atoms with Gasteiger partial charge in [0.05, 0.1) is 11.0 Å². The lowest BCUT2D eigenvalue weighted by Crippen LogP contribution is -2.41. The zero-order valence-electron chi connectivity index (χ0n) is 14.2. The predicted octanol–water partition coefficient (Wildman–Crippen LogP) is 2.35. The van der Waals surface area contributed by atoms with Crippen molar-refractivity contribution in [2.75, 3.05) is 19.7 Å². The Morgan fingerprint density at radius 2 is 2.31 bits per heavy atom. The SMILES string of the molecule is O=C(COCc1nc2ccc(F)cc2[nH]1)N1CCC[C@H](c2ccn[nH]2)C1. The number of aromatic nitrogens is 4. The van der Waals surface area contributed by atoms with Gasteiger partial charge in [-0.05, 0) is 37.1 Å². The van der Waals surface area contributed by atoms with Crippen LogP contribution in [0.25, 0.3) is 11.0 Å². The van der Waals surface area contributed by atoms with Crippen molar-refractivity contribution < 1.29 is 13.9 Å². The summed E-state index contributed by atoms with van der Waals surface area (Å²) in [5.41, 5.74) is 2.36. The summed E-state index contributed by atoms with van der Waals surface area (Å²) in [5, 5.41) is 6.98. The van der Waals surface area contributed by atoms with Crippen LogP contribution in [0.15, 0.2) is 30.5 Å². The largest absolute Gasteiger partial charge is 0.364 e. The van der Waals surface area contributed by atoms with E-state index < -0.39 is 0 Å². The van der Waals surface area contributed by atoms with E-state index in [1.165, 1.54) is 12.1 Å². The number of piperidine rings is 1. The number of amides is 1. The number of benzene rings is 1. The first-order valence-electron chi connectivity index (χ1n) is 8.68. The van der Waals surface area contributed by atoms with Gasteiger partial charge in [-0.25, -0.2) is 9.37 Å². The second-order valence-electron chi connectivity index (χ2n) is 6.53. The minimum atomic E-state index is -0.319. The maximum atomic E-state index is 13.2. The lowest BCUT2D eigenvalue weighted by Gasteiger charge is -2.32. The van der Waals surface area contributed by atoms with Crippen molar-refractivity contribution in [1.82, 2.24) is 25.1 Å². The summed E-state index contributed by atoms with van der Waals surface area (Å²) in [6.45, 7) is 1.60. The summed E-state index contributed by atoms with van der Waals surface area (Å²) in [7, 11) is 0. The van der Waals surface area contributed by atoms with Gasteiger partial charge in [0, 0.05) is 30.9 Å². The van der Waals surface area contributed by atoms with E-state index in [0.29, 0.717) is 29.3 Å². The molecule has 1 aliphatic rings. The first-order valence-corrected chi connectivity index (χ1v) is 8.68. The predicted molar refractivity (Wildman–Crippen MR) is 92.9 cm³/mol. The fraction of sp³-hybridized carbons (Fsp3) is 0.389. The highest BCUT2D eigenvalue weighted by Crippen LogP contribution is 2.25. The highest BCUT2D eigenvalue weighted by atomic mass is 19.1. The molecule has 2 aromatic heterocycles. The molecule has 8 heteroatoms. The molecule has 4 rings (SSSR count). The number of nitrogens with zero attached hydrogens (tertiary/aromatic N) is 3. The molecule has 1 aliphatic heterocycles. The molecule has 1 atom stereocenters. The summed E-state index contributed by atoms with van der Waals surface area (Å²) in [4.78, 5) is 21.6. The molecule has 0 bridgehead atoms. The smallest absolute Gasteiger partial charge is 0.248 e. The fourth-order valence-electron chi connectivity index (χ4n) is 3.38. The molecule has 136 valence electrons. The third-order valence-electron chi connectivity index (χ3n) is 4.69. The summed E-state index contributed by atoms with van der Waals surface area (Å²) >= 11 is 0. The van der Waals surface area contributed by atoms with Crippen LogP contribution in [0.2, 0.25) is 0 Å². The van der Waals surface area contributed by atoms with Gasteiger partial charge in [-0.3, -0.25) is 9.89 Å². The molecule has 3 heterocycles. The first-order chi connectivity index (χ1) is 12.7. The minimum Gasteiger partial charge on any atom is -0.364 e. The van der Waals surface area contributed by atoms with Gasteiger partial charge in [0.1, 0.15) is 24.9 Å². The lowest BCUT2D eigenvalue weighted by molar-refractivity contribution is -0.137. The molecular weight excluding hydrogens is 337 g/mol. The zero-order valence-corrected chi connectivity index (χ0v) is 14.2. The van der Waals surface area contributed by atoms with Gasteiger partial charge in [0.15, 0.2) is 0 Å². The molecule has 3 aromatic rings. The topological polar surface area (TPSA) is 86.9 Å². The molecule has 0 unspecified atom stereocenters. The van der Waals surface area contributed by atoms with E-state index in [2.05, 4.69) is 20.2 Å². The van der Waals surface area contributed by atoms with E-state index in [1.54, 1.807) is 12.3 Å². The Morgan fingerprint density at radius 3 is 3.15 bits per heavy atom. The molecule has 2 N–H and O–H groups in total. The number of nitrogens with one attached hydrogen (secondary N) is 2. The van der Waals surface area contributed by atoms with Crippen molar-refractivity contribution in [2.24, 2.45) is 0 Å². The summed E-state index contributed by atoms with van der Waals surface area (Å²) in [6, 6.07) is 6.32. The Kier molecular flexibility index (Phi) is 4.66. The van der Waals surface area contributed by atoms with Crippen LogP contribution < -0.4 is 0 Å². The fourth-order valence-corrected chi connectivity index (χ4v) is 3.38. The molecule has 0 spiro atoms. The molecule has 7 nitrogen and oxygen atoms in total. The third-order valence-corrected chi connectivity index (χ3v) is 4.69. The number of imidazole rings is 1. The number of carbonyl (C=O) groups is 1. The molecule has 0 aliphatic carbocycles. The summed E-state index contributed by atoms with van der Waals surface area (Å²) in [5.74, 6) is 0.518. The van der Waals surface area contributed by atoms with Crippen molar-refractivity contribution in [3.8, 4) is 0 Å². The maximum absolute atomic E-state index is 13.2. The molecule has 1 amide bonds. The van der Waals surface area contributed by atoms with Gasteiger partial charge in [-0.15, -0.1) is 0 Å². The normalized spacial score (nSPS) is 17.7. The Hall–Kier alpha value is -2.74. The van der Waals surface area contributed by atoms with Crippen molar-refractivity contribution in [3.63, 3.8) is 0 Å². The van der Waals surface area contributed by atoms with E-state index in [-0.39, 0.29) is 24.9 Å². The molecule has 1 aromatic carbocycles. The average molecular weight is 357 g/mol. The second kappa shape index (κ2) is 7.25. The highest BCUT2D eigenvalue weighted by Gasteiger charge is 2.25. The Morgan fingerprint density at radius 1 is 1.38 bits per heavy atom. The minimum absolute atomic E-state index is 0.00109. The van der Waals surface area contributed by atoms with Gasteiger partial charge in [0.25, 0.3) is 0 Å². The number of hydrogen-bond acceptors (Lipinski definition) is 4. The number of hydrogen-bond donors (Lipinski definition) is 2. The van der Waals surface area contributed by atoms with Crippen molar-refractivity contribution >= 4 is 16.9 Å². The molecular formula is C18H20FN5O2. The second-order valence-corrected chi connectivity index (χ2v) is 6.53. The molecule has 0 radical (unpaired) electrons. The molecule has 0 saturated carbocycles. The van der Waals surface area contributed by atoms with Gasteiger partial charge in [-0.1, -0.05) is 0 Å². The molecule has 1 fully saturated rings. The van der Waals surface area contributed by atoms with E-state index in [1.807, 2.05) is 11.0 Å². The van der Waals surface area contributed by atoms with Crippen molar-refractivity contribution in [2.45, 2.75) is 25.4 Å². The number of rotatable bonds is 5. The number of likely N-dealkylation sites (tertiary alicyclic amines) is 1. The van der Waals surface area contributed by atoms with E-state index in [9.17, 15) is 9.18 Å². The van der Waals surface area contributed by atoms with E-state index in [4.69, 9.17) is 4.74 Å². The van der Waals surface area contributed by atoms with Crippen LogP contribution in [0.5, 0.6) is 0 Å². The maximum Gasteiger partial charge on any atom is 0.248 e. The first kappa shape index (κ1) is 16.7. The Balaban J connectivity index is 1.30. The summed E-state index contributed by atoms with van der Waals surface area (Å²) in [6.07, 6.45) is 3.74. The van der Waals surface area contributed by atoms with Crippen LogP contribution in [-0.4, -0.2) is 50.7 Å². The lowest BCUT2D eigenvalue weighted by atomic mass is 9.95. The third kappa shape index (κ3) is 3.60. The van der Waals surface area contributed by atoms with Gasteiger partial charge in [0.2, 0.25) is 5.91 Å². The number of halogens is 1. The van der Waals surface area contributed by atoms with Crippen LogP contribution in [0.3, 0.4) is 0 Å². The summed E-state index contributed by atoms with van der Waals surface area (Å²) < 4.78 is 18.7. The van der Waals surface area contributed by atoms with Crippen LogP contribution in [-0.2, 0) is 16.1 Å². The molecule has 26 heavy (non-hydrogen) atoms. The van der Waals surface area contributed by atoms with E-state index in [0.717, 1.165) is 25.1 Å². The average Bonchev–Trinajstić information content (AvgIpc) is 3.31. The van der Waals surface area contributed by atoms with Crippen molar-refractivity contribution in [3.05, 3.63) is 47.8 Å². The standard InChI is InChI=1S/C18H20FN5O2/c19-13-3-4-15-16(8-13)22-17(21-15)10-26-11-18(25)24-7-1-2-12(9-24)14-5-6-20-23-14/h3-6,8,12H,1-2,7,9-11H2,(H,20,23)(H,21,22)/t12-/m0/s1. The van der Waals surface area contributed by atoms with Gasteiger partial charge in [-0.2, -0.15) is 5.10 Å². The zero-order chi connectivity index (χ0) is 17.9. The molecule has 1 saturated heterocycles. The van der Waals surface area contributed by atoms with Crippen LogP contribution in [0, 0.1) is 5.82 Å². The number of fused-ring (bicyclic) bond motifs is 1. The Bertz CT molecular complexity index is 892. The van der Waals surface area contributed by atoms with Gasteiger partial charge < -0.3 is 14.6 Å². The van der Waals surface area contributed by atoms with Crippen LogP contribution >= 0.6 is 0 Å². The monoisotopic (exact) mass is 357 g/mol. The van der Waals surface area contributed by atoms with Crippen LogP contribution in [0.1, 0.15) is 30.3 Å². The quantitative estimate of drug-likeness (QED) is 0.734. The highest BCUT2D eigenvalue weighted by molar-refractivity contribution is 5.77. The number of ether oxygens (including phenoxy) is 1. The number of carbonyl (C=O) groups excluding carboxylic acids is 1. The van der Waals surface area contributed by atoms with Crippen molar-refractivity contribution in [1.29, 1.82) is 0 Å². The van der Waals surface area contributed by atoms with E-state index >= 15 is 0 Å². The van der Waals surface area contributed by atoms with Gasteiger partial charge >= 0.3 is 0 Å². The Labute approximate surface area is 149 Å². The number of aromatic amines is 2.